The smallest absolute Gasteiger partial charge is 0.387 e. The van der Waals surface area contributed by atoms with Gasteiger partial charge in [0.1, 0.15) is 5.75 Å². The van der Waals surface area contributed by atoms with Gasteiger partial charge in [-0.2, -0.15) is 8.78 Å². The van der Waals surface area contributed by atoms with E-state index in [2.05, 4.69) is 10.1 Å². The number of ether oxygens (including phenoxy) is 1. The Labute approximate surface area is 133 Å². The molecule has 0 heterocycles. The Kier molecular flexibility index (Phi) is 7.40. The number of benzene rings is 1. The zero-order chi connectivity index (χ0) is 17.4. The van der Waals surface area contributed by atoms with Crippen LogP contribution in [0, 0.1) is 0 Å². The minimum Gasteiger partial charge on any atom is -0.480 e. The maximum atomic E-state index is 12.4. The number of carbonyl (C=O) groups is 2. The standard InChI is InChI=1S/C15H20F2N2O4/c1-3-8-19(9-13(20)21)10(2)14(22)18-11-6-4-5-7-12(11)23-15(16)17/h4-7,10,15H,3,8-9H2,1-2H3,(H,18,22)(H,20,21). The first-order valence-electron chi connectivity index (χ1n) is 7.15. The first-order chi connectivity index (χ1) is 10.8. The number of carboxylic acid groups (broad SMARTS) is 1. The molecule has 0 bridgehead atoms. The van der Waals surface area contributed by atoms with E-state index >= 15 is 0 Å². The van der Waals surface area contributed by atoms with Gasteiger partial charge in [-0.3, -0.25) is 14.5 Å². The van der Waals surface area contributed by atoms with E-state index in [0.29, 0.717) is 13.0 Å². The Morgan fingerprint density at radius 1 is 1.35 bits per heavy atom. The highest BCUT2D eigenvalue weighted by Gasteiger charge is 2.23. The lowest BCUT2D eigenvalue weighted by Gasteiger charge is -2.26. The Bertz CT molecular complexity index is 540. The molecule has 0 radical (unpaired) electrons. The van der Waals surface area contributed by atoms with E-state index in [0.717, 1.165) is 0 Å². The molecule has 0 saturated carbocycles. The number of nitrogens with zero attached hydrogens (tertiary/aromatic N) is 1. The Balaban J connectivity index is 2.83. The molecule has 128 valence electrons. The van der Waals surface area contributed by atoms with E-state index < -0.39 is 24.5 Å². The van der Waals surface area contributed by atoms with Gasteiger partial charge in [-0.1, -0.05) is 19.1 Å². The second-order valence-electron chi connectivity index (χ2n) is 4.90. The second kappa shape index (κ2) is 9.04. The van der Waals surface area contributed by atoms with E-state index in [1.54, 1.807) is 13.0 Å². The second-order valence-corrected chi connectivity index (χ2v) is 4.90. The summed E-state index contributed by atoms with van der Waals surface area (Å²) in [5.74, 6) is -1.69. The van der Waals surface area contributed by atoms with Crippen LogP contribution in [0.4, 0.5) is 14.5 Å². The monoisotopic (exact) mass is 330 g/mol. The minimum absolute atomic E-state index is 0.108. The Hall–Kier alpha value is -2.22. The van der Waals surface area contributed by atoms with E-state index in [4.69, 9.17) is 5.11 Å². The van der Waals surface area contributed by atoms with Gasteiger partial charge in [0.05, 0.1) is 18.3 Å². The fourth-order valence-corrected chi connectivity index (χ4v) is 2.04. The van der Waals surface area contributed by atoms with Gasteiger partial charge in [-0.25, -0.2) is 0 Å². The third kappa shape index (κ3) is 6.19. The average Bonchev–Trinajstić information content (AvgIpc) is 2.47. The summed E-state index contributed by atoms with van der Waals surface area (Å²) in [7, 11) is 0. The van der Waals surface area contributed by atoms with Gasteiger partial charge in [0, 0.05) is 0 Å². The molecule has 0 fully saturated rings. The molecule has 1 unspecified atom stereocenters. The van der Waals surface area contributed by atoms with E-state index in [9.17, 15) is 18.4 Å². The molecule has 1 aromatic carbocycles. The van der Waals surface area contributed by atoms with Crippen molar-refractivity contribution in [1.29, 1.82) is 0 Å². The van der Waals surface area contributed by atoms with Crippen LogP contribution in [0.25, 0.3) is 0 Å². The molecular formula is C15H20F2N2O4. The van der Waals surface area contributed by atoms with Gasteiger partial charge < -0.3 is 15.2 Å². The van der Waals surface area contributed by atoms with Crippen LogP contribution in [0.5, 0.6) is 5.75 Å². The van der Waals surface area contributed by atoms with Crippen molar-refractivity contribution in [2.45, 2.75) is 32.9 Å². The van der Waals surface area contributed by atoms with Gasteiger partial charge in [-0.05, 0) is 32.0 Å². The van der Waals surface area contributed by atoms with E-state index in [1.807, 2.05) is 6.92 Å². The fraction of sp³-hybridized carbons (Fsp3) is 0.467. The number of amides is 1. The number of hydrogen-bond donors (Lipinski definition) is 2. The molecule has 0 aromatic heterocycles. The van der Waals surface area contributed by atoms with Crippen LogP contribution in [-0.2, 0) is 9.59 Å². The zero-order valence-corrected chi connectivity index (χ0v) is 13.0. The lowest BCUT2D eigenvalue weighted by Crippen LogP contribution is -2.45. The predicted octanol–water partition coefficient (Wildman–Crippen LogP) is 2.41. The summed E-state index contributed by atoms with van der Waals surface area (Å²) in [6.45, 7) is 0.567. The third-order valence-electron chi connectivity index (χ3n) is 3.14. The number of anilines is 1. The molecule has 6 nitrogen and oxygen atoms in total. The number of carboxylic acids is 1. The zero-order valence-electron chi connectivity index (χ0n) is 13.0. The number of alkyl halides is 2. The summed E-state index contributed by atoms with van der Waals surface area (Å²) < 4.78 is 29.1. The van der Waals surface area contributed by atoms with Crippen molar-refractivity contribution in [1.82, 2.24) is 4.90 Å². The van der Waals surface area contributed by atoms with Gasteiger partial charge in [-0.15, -0.1) is 0 Å². The maximum Gasteiger partial charge on any atom is 0.387 e. The number of nitrogens with one attached hydrogen (secondary N) is 1. The summed E-state index contributed by atoms with van der Waals surface area (Å²) in [6.07, 6.45) is 0.677. The highest BCUT2D eigenvalue weighted by Crippen LogP contribution is 2.25. The van der Waals surface area contributed by atoms with Crippen LogP contribution in [0.1, 0.15) is 20.3 Å². The van der Waals surface area contributed by atoms with Crippen LogP contribution in [0.2, 0.25) is 0 Å². The van der Waals surface area contributed by atoms with Crippen molar-refractivity contribution in [2.75, 3.05) is 18.4 Å². The number of halogens is 2. The van der Waals surface area contributed by atoms with Crippen molar-refractivity contribution < 1.29 is 28.2 Å². The summed E-state index contributed by atoms with van der Waals surface area (Å²) in [5.41, 5.74) is 0.108. The van der Waals surface area contributed by atoms with Gasteiger partial charge in [0.15, 0.2) is 0 Å². The van der Waals surface area contributed by atoms with Crippen molar-refractivity contribution in [3.8, 4) is 5.75 Å². The van der Waals surface area contributed by atoms with Crippen molar-refractivity contribution >= 4 is 17.6 Å². The van der Waals surface area contributed by atoms with Crippen LogP contribution in [-0.4, -0.2) is 47.6 Å². The minimum atomic E-state index is -3.01. The molecule has 8 heteroatoms. The Morgan fingerprint density at radius 3 is 2.57 bits per heavy atom. The highest BCUT2D eigenvalue weighted by molar-refractivity contribution is 5.96. The fourth-order valence-electron chi connectivity index (χ4n) is 2.04. The number of rotatable bonds is 9. The summed E-state index contributed by atoms with van der Waals surface area (Å²) in [6, 6.07) is 5.09. The summed E-state index contributed by atoms with van der Waals surface area (Å²) in [5, 5.41) is 11.4. The van der Waals surface area contributed by atoms with Crippen LogP contribution in [0.3, 0.4) is 0 Å². The molecule has 0 spiro atoms. The van der Waals surface area contributed by atoms with E-state index in [-0.39, 0.29) is 18.0 Å². The first-order valence-corrected chi connectivity index (χ1v) is 7.15. The quantitative estimate of drug-likeness (QED) is 0.727. The number of aliphatic carboxylic acids is 1. The first kappa shape index (κ1) is 18.8. The molecule has 1 amide bonds. The summed E-state index contributed by atoms with van der Waals surface area (Å²) in [4.78, 5) is 24.6. The average molecular weight is 330 g/mol. The number of hydrogen-bond acceptors (Lipinski definition) is 4. The maximum absolute atomic E-state index is 12.4. The van der Waals surface area contributed by atoms with Crippen LogP contribution in [0.15, 0.2) is 24.3 Å². The van der Waals surface area contributed by atoms with Gasteiger partial charge in [0.2, 0.25) is 5.91 Å². The largest absolute Gasteiger partial charge is 0.480 e. The van der Waals surface area contributed by atoms with Gasteiger partial charge >= 0.3 is 12.6 Å². The molecular weight excluding hydrogens is 310 g/mol. The lowest BCUT2D eigenvalue weighted by molar-refractivity contribution is -0.139. The molecule has 0 aliphatic carbocycles. The van der Waals surface area contributed by atoms with Crippen molar-refractivity contribution in [3.05, 3.63) is 24.3 Å². The molecule has 1 rings (SSSR count). The molecule has 1 aromatic rings. The van der Waals surface area contributed by atoms with Gasteiger partial charge in [0.25, 0.3) is 0 Å². The lowest BCUT2D eigenvalue weighted by atomic mass is 10.2. The number of carbonyl (C=O) groups excluding carboxylic acids is 1. The van der Waals surface area contributed by atoms with E-state index in [1.165, 1.54) is 23.1 Å². The van der Waals surface area contributed by atoms with Crippen molar-refractivity contribution in [2.24, 2.45) is 0 Å². The molecule has 1 atom stereocenters. The summed E-state index contributed by atoms with van der Waals surface area (Å²) >= 11 is 0. The molecule has 0 aliphatic rings. The van der Waals surface area contributed by atoms with Crippen molar-refractivity contribution in [3.63, 3.8) is 0 Å². The van der Waals surface area contributed by atoms with Crippen LogP contribution >= 0.6 is 0 Å². The molecule has 2 N–H and O–H groups in total. The molecule has 0 aliphatic heterocycles. The Morgan fingerprint density at radius 2 is 2.00 bits per heavy atom. The normalized spacial score (nSPS) is 12.3. The SMILES string of the molecule is CCCN(CC(=O)O)C(C)C(=O)Nc1ccccc1OC(F)F. The number of para-hydroxylation sites is 2. The topological polar surface area (TPSA) is 78.9 Å². The molecule has 0 saturated heterocycles. The predicted molar refractivity (Wildman–Crippen MR) is 80.7 cm³/mol. The highest BCUT2D eigenvalue weighted by atomic mass is 19.3. The third-order valence-corrected chi connectivity index (χ3v) is 3.14. The molecule has 23 heavy (non-hydrogen) atoms. The van der Waals surface area contributed by atoms with Crippen LogP contribution < -0.4 is 10.1 Å².